The minimum atomic E-state index is -0.644. The van der Waals surface area contributed by atoms with Crippen LogP contribution in [-0.4, -0.2) is 25.2 Å². The van der Waals surface area contributed by atoms with E-state index in [-0.39, 0.29) is 24.7 Å². The number of hydrogen-bond acceptors (Lipinski definition) is 4. The molecule has 0 spiro atoms. The molecule has 0 fully saturated rings. The smallest absolute Gasteiger partial charge is 0.345 e. The first kappa shape index (κ1) is 17.0. The molecule has 0 radical (unpaired) electrons. The van der Waals surface area contributed by atoms with Gasteiger partial charge in [-0.2, -0.15) is 0 Å². The highest BCUT2D eigenvalue weighted by Crippen LogP contribution is 2.20. The highest BCUT2D eigenvalue weighted by molar-refractivity contribution is 6.14. The summed E-state index contributed by atoms with van der Waals surface area (Å²) in [5.74, 6) is -1.38. The normalized spacial score (nSPS) is 11.4. The highest BCUT2D eigenvalue weighted by atomic mass is 16.6. The molecule has 4 nitrogen and oxygen atoms in total. The van der Waals surface area contributed by atoms with Crippen molar-refractivity contribution in [2.24, 2.45) is 0 Å². The summed E-state index contributed by atoms with van der Waals surface area (Å²) in [6.07, 6.45) is 1.60. The first-order chi connectivity index (χ1) is 9.99. The molecule has 0 N–H and O–H groups in total. The number of esters is 2. The fourth-order valence-corrected chi connectivity index (χ4v) is 1.85. The van der Waals surface area contributed by atoms with E-state index in [9.17, 15) is 9.59 Å². The molecule has 0 unspecified atom stereocenters. The standard InChI is InChI=1S/C17H22O4/c1-5-20-16(18)15(17(19)21-6-2)11-13(4)14-9-7-12(3)8-10-14/h7-11,13H,5-6H2,1-4H3/t13-/m1/s1. The second-order valence-corrected chi connectivity index (χ2v) is 4.72. The van der Waals surface area contributed by atoms with Crippen molar-refractivity contribution in [3.63, 3.8) is 0 Å². The summed E-state index contributed by atoms with van der Waals surface area (Å²) in [5.41, 5.74) is 2.13. The molecule has 0 aliphatic heterocycles. The Morgan fingerprint density at radius 3 is 1.95 bits per heavy atom. The van der Waals surface area contributed by atoms with Gasteiger partial charge in [-0.3, -0.25) is 0 Å². The lowest BCUT2D eigenvalue weighted by Gasteiger charge is -2.11. The van der Waals surface area contributed by atoms with Crippen LogP contribution in [0.2, 0.25) is 0 Å². The maximum Gasteiger partial charge on any atom is 0.345 e. The van der Waals surface area contributed by atoms with Crippen molar-refractivity contribution in [3.05, 3.63) is 47.0 Å². The van der Waals surface area contributed by atoms with Gasteiger partial charge in [0.05, 0.1) is 13.2 Å². The average Bonchev–Trinajstić information content (AvgIpc) is 2.45. The van der Waals surface area contributed by atoms with Gasteiger partial charge in [-0.25, -0.2) is 9.59 Å². The van der Waals surface area contributed by atoms with Crippen LogP contribution in [0.25, 0.3) is 0 Å². The van der Waals surface area contributed by atoms with E-state index in [4.69, 9.17) is 9.47 Å². The van der Waals surface area contributed by atoms with E-state index in [1.807, 2.05) is 38.1 Å². The molecule has 0 aromatic heterocycles. The minimum absolute atomic E-state index is 0.0493. The molecule has 114 valence electrons. The lowest BCUT2D eigenvalue weighted by molar-refractivity contribution is -0.146. The molecule has 1 aromatic rings. The monoisotopic (exact) mass is 290 g/mol. The van der Waals surface area contributed by atoms with Crippen molar-refractivity contribution in [1.29, 1.82) is 0 Å². The Labute approximate surface area is 125 Å². The second-order valence-electron chi connectivity index (χ2n) is 4.72. The van der Waals surface area contributed by atoms with Crippen LogP contribution in [0.3, 0.4) is 0 Å². The maximum atomic E-state index is 11.9. The van der Waals surface area contributed by atoms with Crippen LogP contribution in [0, 0.1) is 6.92 Å². The van der Waals surface area contributed by atoms with E-state index in [0.717, 1.165) is 11.1 Å². The number of carbonyl (C=O) groups is 2. The summed E-state index contributed by atoms with van der Waals surface area (Å²) >= 11 is 0. The number of rotatable bonds is 6. The van der Waals surface area contributed by atoms with Gasteiger partial charge in [-0.15, -0.1) is 0 Å². The Morgan fingerprint density at radius 2 is 1.52 bits per heavy atom. The predicted molar refractivity (Wildman–Crippen MR) is 80.9 cm³/mol. The van der Waals surface area contributed by atoms with Crippen LogP contribution in [0.15, 0.2) is 35.9 Å². The molecule has 4 heteroatoms. The Kier molecular flexibility index (Phi) is 6.66. The Bertz CT molecular complexity index is 494. The number of allylic oxidation sites excluding steroid dienone is 1. The zero-order chi connectivity index (χ0) is 15.8. The summed E-state index contributed by atoms with van der Waals surface area (Å²) in [6, 6.07) is 7.94. The van der Waals surface area contributed by atoms with Crippen LogP contribution in [-0.2, 0) is 19.1 Å². The van der Waals surface area contributed by atoms with Crippen molar-refractivity contribution in [3.8, 4) is 0 Å². The van der Waals surface area contributed by atoms with E-state index < -0.39 is 11.9 Å². The van der Waals surface area contributed by atoms with Gasteiger partial charge in [-0.05, 0) is 26.3 Å². The van der Waals surface area contributed by atoms with E-state index in [2.05, 4.69) is 0 Å². The van der Waals surface area contributed by atoms with Gasteiger partial charge in [0.1, 0.15) is 5.57 Å². The van der Waals surface area contributed by atoms with Crippen molar-refractivity contribution in [2.45, 2.75) is 33.6 Å². The number of hydrogen-bond donors (Lipinski definition) is 0. The second kappa shape index (κ2) is 8.25. The lowest BCUT2D eigenvalue weighted by atomic mass is 9.97. The zero-order valence-electron chi connectivity index (χ0n) is 13.0. The molecule has 0 heterocycles. The minimum Gasteiger partial charge on any atom is -0.462 e. The van der Waals surface area contributed by atoms with Crippen molar-refractivity contribution in [1.82, 2.24) is 0 Å². The Morgan fingerprint density at radius 1 is 1.05 bits per heavy atom. The van der Waals surface area contributed by atoms with Gasteiger partial charge in [-0.1, -0.05) is 42.8 Å². The van der Waals surface area contributed by atoms with Crippen LogP contribution in [0.1, 0.15) is 37.8 Å². The third-order valence-corrected chi connectivity index (χ3v) is 3.01. The van der Waals surface area contributed by atoms with E-state index in [1.165, 1.54) is 0 Å². The molecule has 0 aliphatic rings. The van der Waals surface area contributed by atoms with Gasteiger partial charge in [0.2, 0.25) is 0 Å². The molecule has 1 atom stereocenters. The number of benzene rings is 1. The topological polar surface area (TPSA) is 52.6 Å². The summed E-state index contributed by atoms with van der Waals surface area (Å²) in [6.45, 7) is 7.76. The van der Waals surface area contributed by atoms with Gasteiger partial charge in [0.15, 0.2) is 0 Å². The number of ether oxygens (including phenoxy) is 2. The molecule has 1 aromatic carbocycles. The number of aryl methyl sites for hydroxylation is 1. The molecule has 0 bridgehead atoms. The third kappa shape index (κ3) is 5.06. The number of carbonyl (C=O) groups excluding carboxylic acids is 2. The van der Waals surface area contributed by atoms with E-state index in [0.29, 0.717) is 0 Å². The highest BCUT2D eigenvalue weighted by Gasteiger charge is 2.22. The fourth-order valence-electron chi connectivity index (χ4n) is 1.85. The summed E-state index contributed by atoms with van der Waals surface area (Å²) < 4.78 is 9.84. The molecule has 0 aliphatic carbocycles. The van der Waals surface area contributed by atoms with Gasteiger partial charge in [0.25, 0.3) is 0 Å². The Hall–Kier alpha value is -2.10. The zero-order valence-corrected chi connectivity index (χ0v) is 13.0. The van der Waals surface area contributed by atoms with Gasteiger partial charge >= 0.3 is 11.9 Å². The first-order valence-electron chi connectivity index (χ1n) is 7.12. The first-order valence-corrected chi connectivity index (χ1v) is 7.12. The van der Waals surface area contributed by atoms with Crippen molar-refractivity contribution in [2.75, 3.05) is 13.2 Å². The summed E-state index contributed by atoms with van der Waals surface area (Å²) in [4.78, 5) is 23.8. The van der Waals surface area contributed by atoms with Crippen molar-refractivity contribution >= 4 is 11.9 Å². The molecular formula is C17H22O4. The van der Waals surface area contributed by atoms with E-state index >= 15 is 0 Å². The van der Waals surface area contributed by atoms with Gasteiger partial charge < -0.3 is 9.47 Å². The van der Waals surface area contributed by atoms with Crippen LogP contribution in [0.4, 0.5) is 0 Å². The fraction of sp³-hybridized carbons (Fsp3) is 0.412. The molecule has 21 heavy (non-hydrogen) atoms. The third-order valence-electron chi connectivity index (χ3n) is 3.01. The predicted octanol–water partition coefficient (Wildman–Crippen LogP) is 3.15. The SMILES string of the molecule is CCOC(=O)C(=C[C@@H](C)c1ccc(C)cc1)C(=O)OCC. The Balaban J connectivity index is 3.02. The van der Waals surface area contributed by atoms with Crippen LogP contribution in [0.5, 0.6) is 0 Å². The van der Waals surface area contributed by atoms with Gasteiger partial charge in [0, 0.05) is 5.92 Å². The average molecular weight is 290 g/mol. The van der Waals surface area contributed by atoms with Crippen LogP contribution < -0.4 is 0 Å². The summed E-state index contributed by atoms with van der Waals surface area (Å²) in [7, 11) is 0. The maximum absolute atomic E-state index is 11.9. The largest absolute Gasteiger partial charge is 0.462 e. The summed E-state index contributed by atoms with van der Waals surface area (Å²) in [5, 5.41) is 0. The molecule has 1 rings (SSSR count). The van der Waals surface area contributed by atoms with Crippen molar-refractivity contribution < 1.29 is 19.1 Å². The molecular weight excluding hydrogens is 268 g/mol. The molecule has 0 saturated carbocycles. The van der Waals surface area contributed by atoms with Crippen LogP contribution >= 0.6 is 0 Å². The molecule has 0 saturated heterocycles. The molecule has 0 amide bonds. The van der Waals surface area contributed by atoms with E-state index in [1.54, 1.807) is 19.9 Å². The lowest BCUT2D eigenvalue weighted by Crippen LogP contribution is -2.19. The quantitative estimate of drug-likeness (QED) is 0.349.